The van der Waals surface area contributed by atoms with Gasteiger partial charge in [0.15, 0.2) is 0 Å². The smallest absolute Gasteiger partial charge is 0.288 e. The van der Waals surface area contributed by atoms with Gasteiger partial charge in [-0.25, -0.2) is 0 Å². The van der Waals surface area contributed by atoms with Crippen LogP contribution in [0, 0.1) is 10.1 Å². The lowest BCUT2D eigenvalue weighted by atomic mass is 10.3. The molecule has 0 aliphatic rings. The number of rotatable bonds is 3. The predicted molar refractivity (Wildman–Crippen MR) is 56.9 cm³/mol. The van der Waals surface area contributed by atoms with Gasteiger partial charge in [0.1, 0.15) is 5.02 Å². The molecule has 6 heteroatoms. The number of nitro groups is 1. The number of hydrogen-bond donors (Lipinski definition) is 1. The number of carbonyl (C=O) groups is 1. The monoisotopic (exact) mass is 226 g/mol. The highest BCUT2D eigenvalue weighted by molar-refractivity contribution is 6.33. The van der Waals surface area contributed by atoms with Crippen LogP contribution in [0.15, 0.2) is 30.9 Å². The van der Waals surface area contributed by atoms with E-state index in [9.17, 15) is 14.9 Å². The van der Waals surface area contributed by atoms with Crippen LogP contribution >= 0.6 is 11.6 Å². The van der Waals surface area contributed by atoms with Gasteiger partial charge < -0.3 is 5.32 Å². The van der Waals surface area contributed by atoms with Crippen molar-refractivity contribution in [1.29, 1.82) is 0 Å². The second-order valence-electron chi connectivity index (χ2n) is 2.62. The van der Waals surface area contributed by atoms with Crippen LogP contribution in [0.1, 0.15) is 0 Å². The maximum absolute atomic E-state index is 10.9. The molecule has 0 radical (unpaired) electrons. The molecule has 0 aliphatic carbocycles. The fourth-order valence-corrected chi connectivity index (χ4v) is 1.18. The number of benzene rings is 1. The number of carbonyl (C=O) groups excluding carboxylic acids is 1. The quantitative estimate of drug-likeness (QED) is 0.489. The molecule has 1 aromatic rings. The molecule has 0 aliphatic heterocycles. The lowest BCUT2D eigenvalue weighted by Crippen LogP contribution is -2.07. The number of nitro benzene ring substituents is 1. The number of anilines is 1. The SMILES string of the molecule is C=CC(=O)Nc1ccc([N+](=O)[O-])c(Cl)c1. The van der Waals surface area contributed by atoms with Gasteiger partial charge in [-0.3, -0.25) is 14.9 Å². The first-order valence-corrected chi connectivity index (χ1v) is 4.29. The van der Waals surface area contributed by atoms with Gasteiger partial charge in [0.25, 0.3) is 5.69 Å². The van der Waals surface area contributed by atoms with Crippen LogP contribution in [0.5, 0.6) is 0 Å². The zero-order chi connectivity index (χ0) is 11.4. The third-order valence-electron chi connectivity index (χ3n) is 1.60. The second-order valence-corrected chi connectivity index (χ2v) is 3.02. The first kappa shape index (κ1) is 11.2. The van der Waals surface area contributed by atoms with Crippen LogP contribution in [0.4, 0.5) is 11.4 Å². The van der Waals surface area contributed by atoms with Gasteiger partial charge in [-0.2, -0.15) is 0 Å². The molecule has 1 rings (SSSR count). The summed E-state index contributed by atoms with van der Waals surface area (Å²) in [5.41, 5.74) is 0.184. The third kappa shape index (κ3) is 2.78. The van der Waals surface area contributed by atoms with E-state index in [0.29, 0.717) is 5.69 Å². The summed E-state index contributed by atoms with van der Waals surface area (Å²) in [4.78, 5) is 20.7. The summed E-state index contributed by atoms with van der Waals surface area (Å²) >= 11 is 5.63. The summed E-state index contributed by atoms with van der Waals surface area (Å²) in [6.45, 7) is 3.27. The van der Waals surface area contributed by atoms with Crippen LogP contribution in [0.2, 0.25) is 5.02 Å². The van der Waals surface area contributed by atoms with Crippen molar-refractivity contribution in [3.8, 4) is 0 Å². The van der Waals surface area contributed by atoms with E-state index < -0.39 is 10.8 Å². The minimum atomic E-state index is -0.596. The first-order valence-electron chi connectivity index (χ1n) is 3.92. The number of hydrogen-bond acceptors (Lipinski definition) is 3. The van der Waals surface area contributed by atoms with Gasteiger partial charge in [-0.05, 0) is 18.2 Å². The number of amides is 1. The van der Waals surface area contributed by atoms with E-state index in [4.69, 9.17) is 11.6 Å². The minimum Gasteiger partial charge on any atom is -0.322 e. The molecule has 78 valence electrons. The van der Waals surface area contributed by atoms with Crippen LogP contribution < -0.4 is 5.32 Å². The largest absolute Gasteiger partial charge is 0.322 e. The first-order chi connectivity index (χ1) is 7.04. The van der Waals surface area contributed by atoms with E-state index in [-0.39, 0.29) is 10.7 Å². The summed E-state index contributed by atoms with van der Waals surface area (Å²) in [7, 11) is 0. The van der Waals surface area contributed by atoms with Crippen molar-refractivity contribution >= 4 is 28.9 Å². The average molecular weight is 227 g/mol. The van der Waals surface area contributed by atoms with Crippen molar-refractivity contribution in [2.24, 2.45) is 0 Å². The molecule has 0 bridgehead atoms. The Morgan fingerprint density at radius 3 is 2.73 bits per heavy atom. The van der Waals surface area contributed by atoms with Gasteiger partial charge in [0.05, 0.1) is 4.92 Å². The minimum absolute atomic E-state index is 0.0261. The maximum Gasteiger partial charge on any atom is 0.288 e. The number of halogens is 1. The highest BCUT2D eigenvalue weighted by Crippen LogP contribution is 2.27. The fraction of sp³-hybridized carbons (Fsp3) is 0. The molecular formula is C9H7ClN2O3. The standard InChI is InChI=1S/C9H7ClN2O3/c1-2-9(13)11-6-3-4-8(12(14)15)7(10)5-6/h2-5H,1H2,(H,11,13). The van der Waals surface area contributed by atoms with E-state index in [1.54, 1.807) is 0 Å². The van der Waals surface area contributed by atoms with Crippen LogP contribution in [0.25, 0.3) is 0 Å². The molecule has 15 heavy (non-hydrogen) atoms. The molecule has 0 saturated carbocycles. The van der Waals surface area contributed by atoms with E-state index in [1.165, 1.54) is 18.2 Å². The van der Waals surface area contributed by atoms with Crippen molar-refractivity contribution < 1.29 is 9.72 Å². The number of nitrogens with one attached hydrogen (secondary N) is 1. The topological polar surface area (TPSA) is 72.2 Å². The number of nitrogens with zero attached hydrogens (tertiary/aromatic N) is 1. The van der Waals surface area contributed by atoms with Crippen LogP contribution in [-0.2, 0) is 4.79 Å². The molecule has 0 unspecified atom stereocenters. The Morgan fingerprint density at radius 1 is 1.60 bits per heavy atom. The Hall–Kier alpha value is -1.88. The Kier molecular flexibility index (Phi) is 3.41. The van der Waals surface area contributed by atoms with Crippen LogP contribution in [-0.4, -0.2) is 10.8 Å². The molecule has 0 saturated heterocycles. The van der Waals surface area contributed by atoms with Crippen LogP contribution in [0.3, 0.4) is 0 Å². The Labute approximate surface area is 90.5 Å². The molecule has 0 heterocycles. The average Bonchev–Trinajstić information content (AvgIpc) is 2.17. The Bertz CT molecular complexity index is 431. The van der Waals surface area contributed by atoms with Gasteiger partial charge in [-0.15, -0.1) is 0 Å². The van der Waals surface area contributed by atoms with Gasteiger partial charge >= 0.3 is 0 Å². The molecule has 0 aromatic heterocycles. The van der Waals surface area contributed by atoms with Crippen molar-refractivity contribution in [2.75, 3.05) is 5.32 Å². The molecule has 1 N–H and O–H groups in total. The molecule has 1 aromatic carbocycles. The summed E-state index contributed by atoms with van der Waals surface area (Å²) in [6.07, 6.45) is 1.09. The van der Waals surface area contributed by atoms with E-state index in [2.05, 4.69) is 11.9 Å². The molecule has 0 fully saturated rings. The van der Waals surface area contributed by atoms with E-state index >= 15 is 0 Å². The van der Waals surface area contributed by atoms with E-state index in [1.807, 2.05) is 0 Å². The molecule has 1 amide bonds. The summed E-state index contributed by atoms with van der Waals surface area (Å²) in [6, 6.07) is 3.92. The second kappa shape index (κ2) is 4.56. The highest BCUT2D eigenvalue weighted by atomic mass is 35.5. The van der Waals surface area contributed by atoms with Gasteiger partial charge in [0, 0.05) is 11.8 Å². The predicted octanol–water partition coefficient (Wildman–Crippen LogP) is 2.37. The lowest BCUT2D eigenvalue weighted by Gasteiger charge is -2.02. The normalized spacial score (nSPS) is 9.40. The summed E-state index contributed by atoms with van der Waals surface area (Å²) in [5.74, 6) is -0.403. The van der Waals surface area contributed by atoms with Gasteiger partial charge in [-0.1, -0.05) is 18.2 Å². The molecule has 0 spiro atoms. The van der Waals surface area contributed by atoms with Crippen molar-refractivity contribution in [2.45, 2.75) is 0 Å². The lowest BCUT2D eigenvalue weighted by molar-refractivity contribution is -0.384. The zero-order valence-corrected chi connectivity index (χ0v) is 8.32. The summed E-state index contributed by atoms with van der Waals surface area (Å²) < 4.78 is 0. The maximum atomic E-state index is 10.9. The van der Waals surface area contributed by atoms with Gasteiger partial charge in [0.2, 0.25) is 5.91 Å². The molecule has 5 nitrogen and oxygen atoms in total. The Balaban J connectivity index is 2.96. The third-order valence-corrected chi connectivity index (χ3v) is 1.90. The molecule has 0 atom stereocenters. The van der Waals surface area contributed by atoms with Crippen molar-refractivity contribution in [3.63, 3.8) is 0 Å². The fourth-order valence-electron chi connectivity index (χ4n) is 0.926. The highest BCUT2D eigenvalue weighted by Gasteiger charge is 2.12. The Morgan fingerprint density at radius 2 is 2.27 bits per heavy atom. The summed E-state index contributed by atoms with van der Waals surface area (Å²) in [5, 5.41) is 12.8. The van der Waals surface area contributed by atoms with Crippen molar-refractivity contribution in [1.82, 2.24) is 0 Å². The molecular weight excluding hydrogens is 220 g/mol. The van der Waals surface area contributed by atoms with E-state index in [0.717, 1.165) is 6.08 Å². The zero-order valence-electron chi connectivity index (χ0n) is 7.57. The van der Waals surface area contributed by atoms with Crippen molar-refractivity contribution in [3.05, 3.63) is 46.0 Å².